The maximum atomic E-state index is 7.33. The highest BCUT2D eigenvalue weighted by atomic mass is 28.4. The molecule has 0 spiro atoms. The van der Waals surface area contributed by atoms with Crippen LogP contribution in [0.3, 0.4) is 0 Å². The standard InChI is InChI=1S/4CH5N.H4O4Si/c4*1-2;1-5(2,3)4/h4*2H2,1H3;1-4H. The SMILES string of the molecule is CN.CN.CN.CN.O[Si](O)(O)O. The highest BCUT2D eigenvalue weighted by molar-refractivity contribution is 6.46. The number of hydrogen-bond acceptors (Lipinski definition) is 8. The van der Waals surface area contributed by atoms with Crippen LogP contribution in [-0.2, 0) is 0 Å². The summed E-state index contributed by atoms with van der Waals surface area (Å²) >= 11 is 0. The van der Waals surface area contributed by atoms with Crippen LogP contribution in [0.2, 0.25) is 0 Å². The summed E-state index contributed by atoms with van der Waals surface area (Å²) in [7, 11) is 1.39. The van der Waals surface area contributed by atoms with Gasteiger partial charge in [0, 0.05) is 0 Å². The van der Waals surface area contributed by atoms with E-state index in [1.54, 1.807) is 0 Å². The molecule has 0 unspecified atom stereocenters. The minimum atomic E-state index is -4.61. The van der Waals surface area contributed by atoms with E-state index in [0.717, 1.165) is 0 Å². The summed E-state index contributed by atoms with van der Waals surface area (Å²) in [5.74, 6) is 0. The zero-order valence-corrected chi connectivity index (χ0v) is 9.60. The molecular weight excluding hydrogens is 196 g/mol. The van der Waals surface area contributed by atoms with E-state index in [-0.39, 0.29) is 0 Å². The third-order valence-electron chi connectivity index (χ3n) is 0. The van der Waals surface area contributed by atoms with Crippen molar-refractivity contribution >= 4 is 9.05 Å². The summed E-state index contributed by atoms with van der Waals surface area (Å²) in [4.78, 5) is 29.3. The summed E-state index contributed by atoms with van der Waals surface area (Å²) in [5.41, 5.74) is 18.0. The number of rotatable bonds is 0. The van der Waals surface area contributed by atoms with E-state index in [0.29, 0.717) is 0 Å². The average Bonchev–Trinajstić information content (AvgIpc) is 2.14. The van der Waals surface area contributed by atoms with Crippen molar-refractivity contribution in [2.45, 2.75) is 0 Å². The van der Waals surface area contributed by atoms with Gasteiger partial charge in [0.15, 0.2) is 0 Å². The van der Waals surface area contributed by atoms with Gasteiger partial charge in [-0.3, -0.25) is 0 Å². The van der Waals surface area contributed by atoms with Crippen LogP contribution in [-0.4, -0.2) is 56.4 Å². The van der Waals surface area contributed by atoms with Crippen molar-refractivity contribution in [3.8, 4) is 0 Å². The van der Waals surface area contributed by atoms with E-state index in [1.165, 1.54) is 28.2 Å². The quantitative estimate of drug-likeness (QED) is 0.188. The van der Waals surface area contributed by atoms with Crippen molar-refractivity contribution in [2.24, 2.45) is 22.9 Å². The van der Waals surface area contributed by atoms with Gasteiger partial charge in [0.25, 0.3) is 0 Å². The number of nitrogens with two attached hydrogens (primary N) is 4. The summed E-state index contributed by atoms with van der Waals surface area (Å²) in [6.45, 7) is 0. The normalized spacial score (nSPS) is 6.46. The van der Waals surface area contributed by atoms with Gasteiger partial charge in [0.05, 0.1) is 0 Å². The van der Waals surface area contributed by atoms with Crippen LogP contribution in [0.1, 0.15) is 0 Å². The molecule has 0 aliphatic carbocycles. The zero-order chi connectivity index (χ0) is 12.5. The molecule has 0 saturated carbocycles. The molecule has 0 amide bonds. The second-order valence-corrected chi connectivity index (χ2v) is 1.80. The van der Waals surface area contributed by atoms with E-state index >= 15 is 0 Å². The molecule has 9 heteroatoms. The molecule has 0 saturated heterocycles. The first-order chi connectivity index (χ1) is 6.00. The molecule has 0 rings (SSSR count). The van der Waals surface area contributed by atoms with Crippen molar-refractivity contribution in [3.63, 3.8) is 0 Å². The summed E-state index contributed by atoms with van der Waals surface area (Å²) in [6, 6.07) is 0. The molecule has 0 aliphatic heterocycles. The Labute approximate surface area is 80.3 Å². The molecule has 8 nitrogen and oxygen atoms in total. The number of hydrogen-bond donors (Lipinski definition) is 8. The highest BCUT2D eigenvalue weighted by Gasteiger charge is 2.22. The highest BCUT2D eigenvalue weighted by Crippen LogP contribution is 1.67. The monoisotopic (exact) mass is 220 g/mol. The van der Waals surface area contributed by atoms with Crippen LogP contribution in [0, 0.1) is 0 Å². The smallest absolute Gasteiger partial charge is 0.368 e. The van der Waals surface area contributed by atoms with Crippen molar-refractivity contribution in [3.05, 3.63) is 0 Å². The summed E-state index contributed by atoms with van der Waals surface area (Å²) < 4.78 is 0. The van der Waals surface area contributed by atoms with Crippen molar-refractivity contribution in [2.75, 3.05) is 28.2 Å². The topological polar surface area (TPSA) is 185 Å². The lowest BCUT2D eigenvalue weighted by Gasteiger charge is -1.91. The Hall–Kier alpha value is -0.103. The molecule has 0 aromatic carbocycles. The Kier molecular flexibility index (Phi) is 91.5. The van der Waals surface area contributed by atoms with Crippen molar-refractivity contribution in [1.82, 2.24) is 0 Å². The largest absolute Gasteiger partial charge is 0.668 e. The van der Waals surface area contributed by atoms with Crippen LogP contribution in [0.25, 0.3) is 0 Å². The molecule has 0 aromatic heterocycles. The minimum absolute atomic E-state index is 1.50. The second-order valence-electron chi connectivity index (χ2n) is 0.600. The van der Waals surface area contributed by atoms with E-state index in [4.69, 9.17) is 19.2 Å². The lowest BCUT2D eigenvalue weighted by molar-refractivity contribution is 0.117. The Morgan fingerprint density at radius 1 is 0.538 bits per heavy atom. The van der Waals surface area contributed by atoms with E-state index in [1.807, 2.05) is 0 Å². The molecule has 0 aromatic rings. The fraction of sp³-hybridized carbons (Fsp3) is 1.00. The van der Waals surface area contributed by atoms with Crippen LogP contribution >= 0.6 is 0 Å². The lowest BCUT2D eigenvalue weighted by atomic mass is 11.6. The molecule has 88 valence electrons. The Bertz CT molecular complexity index is 39.6. The van der Waals surface area contributed by atoms with Crippen LogP contribution in [0.15, 0.2) is 0 Å². The third kappa shape index (κ3) is 110000. The summed E-state index contributed by atoms with van der Waals surface area (Å²) in [5, 5.41) is 0. The van der Waals surface area contributed by atoms with E-state index < -0.39 is 9.05 Å². The van der Waals surface area contributed by atoms with Crippen LogP contribution < -0.4 is 22.9 Å². The van der Waals surface area contributed by atoms with Gasteiger partial charge in [-0.2, -0.15) is 0 Å². The maximum Gasteiger partial charge on any atom is 0.668 e. The summed E-state index contributed by atoms with van der Waals surface area (Å²) in [6.07, 6.45) is 0. The van der Waals surface area contributed by atoms with Gasteiger partial charge in [-0.05, 0) is 28.2 Å². The first kappa shape index (κ1) is 29.3. The zero-order valence-electron chi connectivity index (χ0n) is 8.60. The molecule has 0 bridgehead atoms. The van der Waals surface area contributed by atoms with Gasteiger partial charge in [-0.25, -0.2) is 0 Å². The average molecular weight is 220 g/mol. The fourth-order valence-electron chi connectivity index (χ4n) is 0. The predicted molar refractivity (Wildman–Crippen MR) is 55.1 cm³/mol. The molecular formula is C4H24N4O4Si. The first-order valence-electron chi connectivity index (χ1n) is 3.20. The lowest BCUT2D eigenvalue weighted by Crippen LogP contribution is -2.33. The Morgan fingerprint density at radius 3 is 0.538 bits per heavy atom. The van der Waals surface area contributed by atoms with Crippen molar-refractivity contribution < 1.29 is 19.2 Å². The first-order valence-corrected chi connectivity index (χ1v) is 4.99. The maximum absolute atomic E-state index is 7.33. The van der Waals surface area contributed by atoms with E-state index in [9.17, 15) is 0 Å². The van der Waals surface area contributed by atoms with Gasteiger partial charge in [-0.1, -0.05) is 0 Å². The third-order valence-corrected chi connectivity index (χ3v) is 0. The molecule has 0 fully saturated rings. The molecule has 13 heavy (non-hydrogen) atoms. The molecule has 0 radical (unpaired) electrons. The van der Waals surface area contributed by atoms with Gasteiger partial charge in [0.2, 0.25) is 0 Å². The van der Waals surface area contributed by atoms with Crippen LogP contribution in [0.5, 0.6) is 0 Å². The predicted octanol–water partition coefficient (Wildman–Crippen LogP) is -4.31. The van der Waals surface area contributed by atoms with Crippen molar-refractivity contribution in [1.29, 1.82) is 0 Å². The van der Waals surface area contributed by atoms with Gasteiger partial charge < -0.3 is 42.1 Å². The van der Waals surface area contributed by atoms with Gasteiger partial charge in [-0.15, -0.1) is 0 Å². The molecule has 0 heterocycles. The Morgan fingerprint density at radius 2 is 0.538 bits per heavy atom. The van der Waals surface area contributed by atoms with Gasteiger partial charge in [0.1, 0.15) is 0 Å². The fourth-order valence-corrected chi connectivity index (χ4v) is 0. The van der Waals surface area contributed by atoms with Crippen LogP contribution in [0.4, 0.5) is 0 Å². The second kappa shape index (κ2) is 40.6. The molecule has 12 N–H and O–H groups in total. The molecule has 0 atom stereocenters. The van der Waals surface area contributed by atoms with Gasteiger partial charge >= 0.3 is 9.05 Å². The minimum Gasteiger partial charge on any atom is -0.368 e. The Balaban J connectivity index is -0.0000000230. The van der Waals surface area contributed by atoms with E-state index in [2.05, 4.69) is 22.9 Å². The molecule has 0 aliphatic rings.